The number of carbonyl (C=O) groups is 2. The molecule has 0 saturated heterocycles. The van der Waals surface area contributed by atoms with Crippen molar-refractivity contribution in [1.82, 2.24) is 0 Å². The summed E-state index contributed by atoms with van der Waals surface area (Å²) in [6.07, 6.45) is 2.85. The Morgan fingerprint density at radius 1 is 0.909 bits per heavy atom. The molecule has 2 atom stereocenters. The molecule has 8 heteroatoms. The van der Waals surface area contributed by atoms with E-state index in [0.717, 1.165) is 11.1 Å². The average Bonchev–Trinajstić information content (AvgIpc) is 2.92. The van der Waals surface area contributed by atoms with E-state index in [4.69, 9.17) is 9.47 Å². The molecule has 2 aliphatic rings. The van der Waals surface area contributed by atoms with Gasteiger partial charge in [-0.2, -0.15) is 10.2 Å². The van der Waals surface area contributed by atoms with Gasteiger partial charge in [0, 0.05) is 25.0 Å². The van der Waals surface area contributed by atoms with Crippen molar-refractivity contribution < 1.29 is 19.1 Å². The van der Waals surface area contributed by atoms with Gasteiger partial charge in [0.15, 0.2) is 0 Å². The Morgan fingerprint density at radius 2 is 1.27 bits per heavy atom. The van der Waals surface area contributed by atoms with Crippen molar-refractivity contribution in [2.24, 2.45) is 20.5 Å². The fourth-order valence-corrected chi connectivity index (χ4v) is 1.80. The van der Waals surface area contributed by atoms with Crippen LogP contribution in [0.4, 0.5) is 0 Å². The van der Waals surface area contributed by atoms with E-state index in [2.05, 4.69) is 20.5 Å². The second kappa shape index (κ2) is 5.78. The summed E-state index contributed by atoms with van der Waals surface area (Å²) in [6.45, 7) is 6.81. The highest BCUT2D eigenvalue weighted by molar-refractivity contribution is 5.78. The van der Waals surface area contributed by atoms with Crippen molar-refractivity contribution in [1.29, 1.82) is 0 Å². The second-order valence-corrected chi connectivity index (χ2v) is 5.47. The fourth-order valence-electron chi connectivity index (χ4n) is 1.80. The minimum Gasteiger partial charge on any atom is -0.432 e. The molecule has 2 heterocycles. The molecule has 0 bridgehead atoms. The van der Waals surface area contributed by atoms with E-state index in [1.54, 1.807) is 27.7 Å². The number of esters is 2. The van der Waals surface area contributed by atoms with Gasteiger partial charge in [0.2, 0.25) is 11.4 Å². The number of rotatable bonds is 5. The number of carbonyl (C=O) groups excluding carboxylic acids is 2. The minimum absolute atomic E-state index is 0.104. The SMILES string of the molecule is CC1=CN=NC1(C)OC(=O)CCC(=O)OC1(C)N=NC=C1C. The summed E-state index contributed by atoms with van der Waals surface area (Å²) in [6, 6.07) is 0. The van der Waals surface area contributed by atoms with Gasteiger partial charge in [0.25, 0.3) is 0 Å². The second-order valence-electron chi connectivity index (χ2n) is 5.47. The van der Waals surface area contributed by atoms with E-state index in [0.29, 0.717) is 0 Å². The molecule has 118 valence electrons. The summed E-state index contributed by atoms with van der Waals surface area (Å²) in [5.41, 5.74) is -0.705. The van der Waals surface area contributed by atoms with Gasteiger partial charge in [0.1, 0.15) is 0 Å². The quantitative estimate of drug-likeness (QED) is 0.728. The molecule has 2 aliphatic heterocycles. The highest BCUT2D eigenvalue weighted by Crippen LogP contribution is 2.30. The third-order valence-electron chi connectivity index (χ3n) is 3.62. The van der Waals surface area contributed by atoms with Gasteiger partial charge >= 0.3 is 11.9 Å². The summed E-state index contributed by atoms with van der Waals surface area (Å²) < 4.78 is 10.5. The molecule has 0 aromatic heterocycles. The van der Waals surface area contributed by atoms with Gasteiger partial charge in [-0.25, -0.2) is 0 Å². The normalized spacial score (nSPS) is 29.3. The highest BCUT2D eigenvalue weighted by Gasteiger charge is 2.35. The van der Waals surface area contributed by atoms with E-state index in [1.165, 1.54) is 12.4 Å². The molecule has 0 amide bonds. The first-order valence-corrected chi connectivity index (χ1v) is 6.87. The maximum atomic E-state index is 11.8. The fraction of sp³-hybridized carbons (Fsp3) is 0.571. The molecule has 0 aromatic carbocycles. The first-order valence-electron chi connectivity index (χ1n) is 6.87. The van der Waals surface area contributed by atoms with E-state index in [1.807, 2.05) is 0 Å². The first kappa shape index (κ1) is 16.0. The van der Waals surface area contributed by atoms with Crippen molar-refractivity contribution in [3.63, 3.8) is 0 Å². The van der Waals surface area contributed by atoms with Gasteiger partial charge in [0.05, 0.1) is 25.2 Å². The van der Waals surface area contributed by atoms with Crippen LogP contribution in [0, 0.1) is 0 Å². The number of nitrogens with zero attached hydrogens (tertiary/aromatic N) is 4. The van der Waals surface area contributed by atoms with Crippen LogP contribution >= 0.6 is 0 Å². The zero-order valence-corrected chi connectivity index (χ0v) is 13.0. The number of hydrogen-bond acceptors (Lipinski definition) is 8. The number of hydrogen-bond donors (Lipinski definition) is 0. The van der Waals surface area contributed by atoms with E-state index in [9.17, 15) is 9.59 Å². The van der Waals surface area contributed by atoms with Crippen LogP contribution in [0.25, 0.3) is 0 Å². The third-order valence-corrected chi connectivity index (χ3v) is 3.62. The molecule has 0 fully saturated rings. The topological polar surface area (TPSA) is 102 Å². The average molecular weight is 306 g/mol. The largest absolute Gasteiger partial charge is 0.432 e. The van der Waals surface area contributed by atoms with Crippen molar-refractivity contribution in [2.75, 3.05) is 0 Å². The predicted octanol–water partition coefficient (Wildman–Crippen LogP) is 3.02. The van der Waals surface area contributed by atoms with Crippen molar-refractivity contribution in [3.8, 4) is 0 Å². The van der Waals surface area contributed by atoms with Crippen LogP contribution < -0.4 is 0 Å². The zero-order chi connectivity index (χ0) is 16.4. The molecule has 0 aliphatic carbocycles. The third kappa shape index (κ3) is 3.26. The van der Waals surface area contributed by atoms with Crippen LogP contribution in [0.1, 0.15) is 40.5 Å². The maximum absolute atomic E-state index is 11.8. The minimum atomic E-state index is -1.08. The molecular weight excluding hydrogens is 288 g/mol. The van der Waals surface area contributed by atoms with Crippen molar-refractivity contribution in [3.05, 3.63) is 23.5 Å². The first-order chi connectivity index (χ1) is 10.3. The molecule has 0 saturated carbocycles. The van der Waals surface area contributed by atoms with Crippen LogP contribution in [0.3, 0.4) is 0 Å². The molecule has 2 unspecified atom stereocenters. The summed E-state index contributed by atoms with van der Waals surface area (Å²) in [5, 5.41) is 15.1. The van der Waals surface area contributed by atoms with E-state index >= 15 is 0 Å². The van der Waals surface area contributed by atoms with Crippen LogP contribution in [-0.4, -0.2) is 23.4 Å². The Kier molecular flexibility index (Phi) is 4.20. The summed E-state index contributed by atoms with van der Waals surface area (Å²) in [5.74, 6) is -1.09. The summed E-state index contributed by atoms with van der Waals surface area (Å²) >= 11 is 0. The molecule has 0 N–H and O–H groups in total. The monoisotopic (exact) mass is 306 g/mol. The number of azo groups is 2. The van der Waals surface area contributed by atoms with Crippen LogP contribution in [0.2, 0.25) is 0 Å². The van der Waals surface area contributed by atoms with Gasteiger partial charge in [-0.15, -0.1) is 10.2 Å². The highest BCUT2D eigenvalue weighted by atomic mass is 16.6. The molecule has 0 spiro atoms. The Bertz CT molecular complexity index is 568. The van der Waals surface area contributed by atoms with Gasteiger partial charge in [-0.3, -0.25) is 9.59 Å². The molecule has 22 heavy (non-hydrogen) atoms. The Labute approximate surface area is 128 Å². The molecule has 8 nitrogen and oxygen atoms in total. The lowest BCUT2D eigenvalue weighted by molar-refractivity contribution is -0.161. The maximum Gasteiger partial charge on any atom is 0.308 e. The van der Waals surface area contributed by atoms with Gasteiger partial charge in [-0.05, 0) is 13.8 Å². The Balaban J connectivity index is 1.81. The van der Waals surface area contributed by atoms with Gasteiger partial charge < -0.3 is 9.47 Å². The van der Waals surface area contributed by atoms with Crippen molar-refractivity contribution in [2.45, 2.75) is 52.0 Å². The zero-order valence-electron chi connectivity index (χ0n) is 13.0. The smallest absolute Gasteiger partial charge is 0.308 e. The molecule has 0 aromatic rings. The molecular formula is C14H18N4O4. The van der Waals surface area contributed by atoms with Crippen LogP contribution in [0.15, 0.2) is 44.0 Å². The predicted molar refractivity (Wildman–Crippen MR) is 75.5 cm³/mol. The molecule has 0 radical (unpaired) electrons. The molecule has 2 rings (SSSR count). The lowest BCUT2D eigenvalue weighted by Gasteiger charge is -2.22. The Morgan fingerprint density at radius 3 is 1.55 bits per heavy atom. The number of ether oxygens (including phenoxy) is 2. The lowest BCUT2D eigenvalue weighted by atomic mass is 10.1. The lowest BCUT2D eigenvalue weighted by Crippen LogP contribution is -2.31. The van der Waals surface area contributed by atoms with Crippen LogP contribution in [-0.2, 0) is 19.1 Å². The van der Waals surface area contributed by atoms with E-state index in [-0.39, 0.29) is 12.8 Å². The van der Waals surface area contributed by atoms with Crippen LogP contribution in [0.5, 0.6) is 0 Å². The Hall–Kier alpha value is -2.38. The van der Waals surface area contributed by atoms with Gasteiger partial charge in [-0.1, -0.05) is 0 Å². The van der Waals surface area contributed by atoms with E-state index < -0.39 is 23.4 Å². The standard InChI is InChI=1S/C14H18N4O4/c1-9-7-15-17-13(9,3)21-11(19)5-6-12(20)22-14(4)10(2)8-16-18-14/h7-8H,5-6H2,1-4H3. The summed E-state index contributed by atoms with van der Waals surface area (Å²) in [4.78, 5) is 23.6. The summed E-state index contributed by atoms with van der Waals surface area (Å²) in [7, 11) is 0. The van der Waals surface area contributed by atoms with Crippen molar-refractivity contribution >= 4 is 11.9 Å².